The highest BCUT2D eigenvalue weighted by atomic mass is 35.5. The van der Waals surface area contributed by atoms with Crippen molar-refractivity contribution in [1.82, 2.24) is 15.5 Å². The lowest BCUT2D eigenvalue weighted by atomic mass is 9.84. The molecule has 1 aromatic carbocycles. The van der Waals surface area contributed by atoms with Gasteiger partial charge in [0.25, 0.3) is 0 Å². The van der Waals surface area contributed by atoms with Crippen LogP contribution in [0, 0.1) is 17.7 Å². The number of benzene rings is 1. The van der Waals surface area contributed by atoms with Crippen molar-refractivity contribution >= 4 is 12.4 Å². The molecule has 7 heteroatoms. The van der Waals surface area contributed by atoms with Crippen molar-refractivity contribution in [3.63, 3.8) is 0 Å². The molecule has 1 fully saturated rings. The molecule has 2 heterocycles. The number of hydrogen-bond donors (Lipinski definition) is 1. The second-order valence-electron chi connectivity index (χ2n) is 6.12. The first-order chi connectivity index (χ1) is 11.2. The number of hydrogen-bond acceptors (Lipinski definition) is 5. The normalized spacial score (nSPS) is 16.4. The van der Waals surface area contributed by atoms with Gasteiger partial charge in [-0.15, -0.1) is 12.4 Å². The molecule has 3 rings (SSSR count). The van der Waals surface area contributed by atoms with Gasteiger partial charge in [-0.2, -0.15) is 4.98 Å². The van der Waals surface area contributed by atoms with E-state index in [1.807, 2.05) is 0 Å². The van der Waals surface area contributed by atoms with E-state index < -0.39 is 0 Å². The van der Waals surface area contributed by atoms with E-state index in [0.29, 0.717) is 29.3 Å². The molecule has 0 aliphatic carbocycles. The Hall–Kier alpha value is -1.66. The molecule has 0 saturated carbocycles. The fraction of sp³-hybridized carbons (Fsp3) is 0.529. The number of nitrogens with zero attached hydrogens (tertiary/aromatic N) is 2. The molecule has 132 valence electrons. The van der Waals surface area contributed by atoms with Gasteiger partial charge in [-0.1, -0.05) is 18.1 Å². The van der Waals surface area contributed by atoms with E-state index in [0.717, 1.165) is 19.5 Å². The van der Waals surface area contributed by atoms with Crippen molar-refractivity contribution < 1.29 is 13.7 Å². The molecule has 1 aliphatic heterocycles. The van der Waals surface area contributed by atoms with Crippen LogP contribution in [0.3, 0.4) is 0 Å². The average Bonchev–Trinajstić information content (AvgIpc) is 3.01. The monoisotopic (exact) mass is 355 g/mol. The largest absolute Gasteiger partial charge is 0.485 e. The molecule has 2 aromatic rings. The maximum atomic E-state index is 13.1. The van der Waals surface area contributed by atoms with Crippen LogP contribution in [-0.2, 0) is 13.0 Å². The van der Waals surface area contributed by atoms with Gasteiger partial charge >= 0.3 is 0 Å². The predicted molar refractivity (Wildman–Crippen MR) is 90.7 cm³/mol. The van der Waals surface area contributed by atoms with Crippen molar-refractivity contribution in [2.45, 2.75) is 32.8 Å². The smallest absolute Gasteiger partial charge is 0.227 e. The van der Waals surface area contributed by atoms with E-state index >= 15 is 0 Å². The third-order valence-corrected chi connectivity index (χ3v) is 4.36. The molecule has 1 atom stereocenters. The summed E-state index contributed by atoms with van der Waals surface area (Å²) in [5, 5.41) is 7.31. The quantitative estimate of drug-likeness (QED) is 0.860. The Balaban J connectivity index is 0.00000208. The zero-order valence-electron chi connectivity index (χ0n) is 13.7. The lowest BCUT2D eigenvalue weighted by molar-refractivity contribution is 0.251. The first-order valence-corrected chi connectivity index (χ1v) is 8.11. The van der Waals surface area contributed by atoms with Crippen LogP contribution in [0.1, 0.15) is 31.5 Å². The average molecular weight is 356 g/mol. The number of halogens is 2. The molecule has 5 nitrogen and oxygen atoms in total. The SMILES string of the molecule is CC(Cc1nc(COc2cccc(F)c2)no1)C1CCNCC1.Cl. The minimum absolute atomic E-state index is 0. The number of aromatic nitrogens is 2. The van der Waals surface area contributed by atoms with Gasteiger partial charge in [-0.05, 0) is 49.9 Å². The van der Waals surface area contributed by atoms with E-state index in [1.54, 1.807) is 12.1 Å². The molecule has 0 bridgehead atoms. The molecule has 1 unspecified atom stereocenters. The first kappa shape index (κ1) is 18.7. The van der Waals surface area contributed by atoms with Crippen molar-refractivity contribution in [1.29, 1.82) is 0 Å². The highest BCUT2D eigenvalue weighted by molar-refractivity contribution is 5.85. The summed E-state index contributed by atoms with van der Waals surface area (Å²) in [6, 6.07) is 6.01. The van der Waals surface area contributed by atoms with Crippen LogP contribution in [0.15, 0.2) is 28.8 Å². The summed E-state index contributed by atoms with van der Waals surface area (Å²) in [6.45, 7) is 4.59. The lowest BCUT2D eigenvalue weighted by Gasteiger charge is -2.27. The molecule has 0 radical (unpaired) electrons. The first-order valence-electron chi connectivity index (χ1n) is 8.11. The number of ether oxygens (including phenoxy) is 1. The van der Waals surface area contributed by atoms with Crippen molar-refractivity contribution in [2.24, 2.45) is 11.8 Å². The summed E-state index contributed by atoms with van der Waals surface area (Å²) in [5.41, 5.74) is 0. The van der Waals surface area contributed by atoms with E-state index in [9.17, 15) is 4.39 Å². The fourth-order valence-corrected chi connectivity index (χ4v) is 2.99. The summed E-state index contributed by atoms with van der Waals surface area (Å²) in [6.07, 6.45) is 3.19. The molecule has 1 saturated heterocycles. The molecular weight excluding hydrogens is 333 g/mol. The molecule has 1 N–H and O–H groups in total. The zero-order valence-corrected chi connectivity index (χ0v) is 14.5. The highest BCUT2D eigenvalue weighted by Gasteiger charge is 2.22. The molecule has 1 aliphatic rings. The van der Waals surface area contributed by atoms with Gasteiger partial charge in [0.2, 0.25) is 11.7 Å². The maximum Gasteiger partial charge on any atom is 0.227 e. The second-order valence-corrected chi connectivity index (χ2v) is 6.12. The third-order valence-electron chi connectivity index (χ3n) is 4.36. The summed E-state index contributed by atoms with van der Waals surface area (Å²) < 4.78 is 23.9. The molecule has 0 amide bonds. The second kappa shape index (κ2) is 8.99. The Morgan fingerprint density at radius 1 is 1.38 bits per heavy atom. The van der Waals surface area contributed by atoms with E-state index in [4.69, 9.17) is 9.26 Å². The van der Waals surface area contributed by atoms with E-state index in [-0.39, 0.29) is 24.8 Å². The molecule has 24 heavy (non-hydrogen) atoms. The number of nitrogens with one attached hydrogen (secondary N) is 1. The topological polar surface area (TPSA) is 60.2 Å². The van der Waals surface area contributed by atoms with Crippen LogP contribution in [0.4, 0.5) is 4.39 Å². The van der Waals surface area contributed by atoms with Gasteiger partial charge in [0, 0.05) is 12.5 Å². The van der Waals surface area contributed by atoms with Crippen LogP contribution in [0.2, 0.25) is 0 Å². The number of piperidine rings is 1. The lowest BCUT2D eigenvalue weighted by Crippen LogP contribution is -2.31. The van der Waals surface area contributed by atoms with Gasteiger partial charge in [0.15, 0.2) is 6.61 Å². The van der Waals surface area contributed by atoms with Gasteiger partial charge in [0.05, 0.1) is 0 Å². The standard InChI is InChI=1S/C17H22FN3O2.ClH/c1-12(13-5-7-19-8-6-13)9-17-20-16(21-23-17)11-22-15-4-2-3-14(18)10-15;/h2-4,10,12-13,19H,5-9,11H2,1H3;1H. The maximum absolute atomic E-state index is 13.1. The van der Waals surface area contributed by atoms with Crippen LogP contribution < -0.4 is 10.1 Å². The Labute approximate surface area is 147 Å². The van der Waals surface area contributed by atoms with Gasteiger partial charge in [0.1, 0.15) is 11.6 Å². The Kier molecular flexibility index (Phi) is 6.99. The Bertz CT molecular complexity index is 632. The minimum Gasteiger partial charge on any atom is -0.485 e. The zero-order chi connectivity index (χ0) is 16.1. The summed E-state index contributed by atoms with van der Waals surface area (Å²) in [7, 11) is 0. The molecule has 0 spiro atoms. The van der Waals surface area contributed by atoms with Gasteiger partial charge < -0.3 is 14.6 Å². The fourth-order valence-electron chi connectivity index (χ4n) is 2.99. The van der Waals surface area contributed by atoms with Crippen LogP contribution in [-0.4, -0.2) is 23.2 Å². The van der Waals surface area contributed by atoms with Crippen molar-refractivity contribution in [3.8, 4) is 5.75 Å². The van der Waals surface area contributed by atoms with E-state index in [1.165, 1.54) is 25.0 Å². The number of rotatable bonds is 6. The van der Waals surface area contributed by atoms with Crippen LogP contribution in [0.25, 0.3) is 0 Å². The summed E-state index contributed by atoms with van der Waals surface area (Å²) in [5.74, 6) is 2.49. The minimum atomic E-state index is -0.327. The van der Waals surface area contributed by atoms with Gasteiger partial charge in [-0.25, -0.2) is 4.39 Å². The van der Waals surface area contributed by atoms with Crippen LogP contribution >= 0.6 is 12.4 Å². The van der Waals surface area contributed by atoms with Crippen molar-refractivity contribution in [3.05, 3.63) is 41.8 Å². The molecular formula is C17H23ClFN3O2. The Morgan fingerprint density at radius 3 is 2.92 bits per heavy atom. The third kappa shape index (κ3) is 5.18. The van der Waals surface area contributed by atoms with Gasteiger partial charge in [-0.3, -0.25) is 0 Å². The predicted octanol–water partition coefficient (Wildman–Crippen LogP) is 3.39. The highest BCUT2D eigenvalue weighted by Crippen LogP contribution is 2.24. The molecule has 1 aromatic heterocycles. The van der Waals surface area contributed by atoms with Crippen molar-refractivity contribution in [2.75, 3.05) is 13.1 Å². The Morgan fingerprint density at radius 2 is 2.17 bits per heavy atom. The summed E-state index contributed by atoms with van der Waals surface area (Å²) in [4.78, 5) is 4.37. The van der Waals surface area contributed by atoms with E-state index in [2.05, 4.69) is 22.4 Å². The summed E-state index contributed by atoms with van der Waals surface area (Å²) >= 11 is 0. The van der Waals surface area contributed by atoms with Crippen LogP contribution in [0.5, 0.6) is 5.75 Å².